The summed E-state index contributed by atoms with van der Waals surface area (Å²) < 4.78 is 10.2. The summed E-state index contributed by atoms with van der Waals surface area (Å²) >= 11 is 0. The van der Waals surface area contributed by atoms with Crippen LogP contribution in [0.25, 0.3) is 0 Å². The molecule has 2 fully saturated rings. The van der Waals surface area contributed by atoms with Gasteiger partial charge in [-0.3, -0.25) is 9.59 Å². The first-order valence-electron chi connectivity index (χ1n) is 11.8. The lowest BCUT2D eigenvalue weighted by Crippen LogP contribution is -2.51. The maximum absolute atomic E-state index is 12.8. The third kappa shape index (κ3) is 6.93. The Balaban J connectivity index is 1.51. The van der Waals surface area contributed by atoms with Crippen LogP contribution in [0.5, 0.6) is 0 Å². The van der Waals surface area contributed by atoms with Crippen molar-refractivity contribution in [3.63, 3.8) is 0 Å². The van der Waals surface area contributed by atoms with Gasteiger partial charge in [-0.2, -0.15) is 5.10 Å². The summed E-state index contributed by atoms with van der Waals surface area (Å²) in [7, 11) is 1.22. The van der Waals surface area contributed by atoms with Crippen molar-refractivity contribution in [1.29, 1.82) is 0 Å². The molecule has 0 bridgehead atoms. The van der Waals surface area contributed by atoms with Gasteiger partial charge in [0, 0.05) is 12.0 Å². The number of benzene rings is 1. The predicted molar refractivity (Wildman–Crippen MR) is 126 cm³/mol. The van der Waals surface area contributed by atoms with Gasteiger partial charge in [-0.05, 0) is 62.1 Å². The largest absolute Gasteiger partial charge is 0.467 e. The second-order valence-corrected chi connectivity index (χ2v) is 9.10. The standard InChI is InChI=1S/C24H35N5O5/c1-33-23(31)20(28-22(30)16-5-3-2-4-6-16)14-34-24(32)19-12-18-11-15(8-10-21(25)29-26)7-9-17(18)13-27-19/h2-6,15,17-20,27H,7-14,26H2,1H3,(H2,25,29)(H,28,30). The number of piperidine rings is 1. The van der Waals surface area contributed by atoms with Gasteiger partial charge in [-0.1, -0.05) is 24.6 Å². The number of hydrazone groups is 1. The molecule has 1 saturated heterocycles. The molecule has 1 aromatic rings. The van der Waals surface area contributed by atoms with Crippen molar-refractivity contribution in [3.05, 3.63) is 35.9 Å². The molecule has 1 heterocycles. The molecule has 3 rings (SSSR count). The molecule has 1 saturated carbocycles. The Hall–Kier alpha value is -3.14. The Morgan fingerprint density at radius 2 is 1.94 bits per heavy atom. The van der Waals surface area contributed by atoms with Crippen molar-refractivity contribution in [1.82, 2.24) is 10.6 Å². The van der Waals surface area contributed by atoms with Crippen LogP contribution in [-0.4, -0.2) is 56.0 Å². The van der Waals surface area contributed by atoms with Crippen LogP contribution in [0.1, 0.15) is 48.9 Å². The zero-order valence-electron chi connectivity index (χ0n) is 19.6. The Bertz CT molecular complexity index is 878. The summed E-state index contributed by atoms with van der Waals surface area (Å²) in [4.78, 5) is 37.4. The number of fused-ring (bicyclic) bond motifs is 1. The zero-order chi connectivity index (χ0) is 24.5. The molecule has 1 aromatic carbocycles. The number of nitrogens with two attached hydrogens (primary N) is 2. The van der Waals surface area contributed by atoms with E-state index in [0.717, 1.165) is 32.2 Å². The third-order valence-electron chi connectivity index (χ3n) is 6.89. The second-order valence-electron chi connectivity index (χ2n) is 9.10. The molecule has 186 valence electrons. The van der Waals surface area contributed by atoms with Crippen molar-refractivity contribution in [2.45, 2.75) is 50.6 Å². The molecule has 1 aliphatic heterocycles. The fourth-order valence-electron chi connectivity index (χ4n) is 4.93. The maximum Gasteiger partial charge on any atom is 0.331 e. The van der Waals surface area contributed by atoms with Crippen molar-refractivity contribution in [2.24, 2.45) is 34.4 Å². The smallest absolute Gasteiger partial charge is 0.331 e. The quantitative estimate of drug-likeness (QED) is 0.135. The van der Waals surface area contributed by atoms with Crippen LogP contribution in [0.3, 0.4) is 0 Å². The molecule has 0 radical (unpaired) electrons. The Morgan fingerprint density at radius 1 is 1.18 bits per heavy atom. The summed E-state index contributed by atoms with van der Waals surface area (Å²) in [6, 6.07) is 6.96. The van der Waals surface area contributed by atoms with Crippen LogP contribution < -0.4 is 22.2 Å². The number of carbonyl (C=O) groups is 3. The molecular formula is C24H35N5O5. The molecule has 6 N–H and O–H groups in total. The molecule has 34 heavy (non-hydrogen) atoms. The van der Waals surface area contributed by atoms with Crippen LogP contribution in [-0.2, 0) is 19.1 Å². The SMILES string of the molecule is COC(=O)C(COC(=O)C1CC2CC(CC/C(N)=N/N)CCC2CN1)NC(=O)c1ccccc1. The highest BCUT2D eigenvalue weighted by molar-refractivity contribution is 5.96. The van der Waals surface area contributed by atoms with Crippen LogP contribution in [0.2, 0.25) is 0 Å². The summed E-state index contributed by atoms with van der Waals surface area (Å²) in [5.41, 5.74) is 6.13. The van der Waals surface area contributed by atoms with E-state index in [1.54, 1.807) is 30.3 Å². The number of ether oxygens (including phenoxy) is 2. The molecule has 1 amide bonds. The molecule has 10 heteroatoms. The lowest BCUT2D eigenvalue weighted by molar-refractivity contribution is -0.152. The number of nitrogens with zero attached hydrogens (tertiary/aromatic N) is 1. The van der Waals surface area contributed by atoms with E-state index in [4.69, 9.17) is 21.1 Å². The van der Waals surface area contributed by atoms with E-state index in [0.29, 0.717) is 42.0 Å². The second kappa shape index (κ2) is 12.4. The van der Waals surface area contributed by atoms with E-state index >= 15 is 0 Å². The molecule has 0 spiro atoms. The molecule has 5 unspecified atom stereocenters. The number of amidine groups is 1. The highest BCUT2D eigenvalue weighted by Crippen LogP contribution is 2.40. The van der Waals surface area contributed by atoms with Gasteiger partial charge in [0.05, 0.1) is 7.11 Å². The topological polar surface area (TPSA) is 158 Å². The fourth-order valence-corrected chi connectivity index (χ4v) is 4.93. The number of hydrogen-bond acceptors (Lipinski definition) is 8. The average Bonchev–Trinajstić information content (AvgIpc) is 2.88. The van der Waals surface area contributed by atoms with Crippen LogP contribution in [0.15, 0.2) is 35.4 Å². The van der Waals surface area contributed by atoms with Crippen LogP contribution in [0, 0.1) is 17.8 Å². The highest BCUT2D eigenvalue weighted by Gasteiger charge is 2.38. The van der Waals surface area contributed by atoms with E-state index in [9.17, 15) is 14.4 Å². The number of amides is 1. The molecule has 1 aliphatic carbocycles. The van der Waals surface area contributed by atoms with Crippen molar-refractivity contribution >= 4 is 23.7 Å². The van der Waals surface area contributed by atoms with Gasteiger partial charge in [0.25, 0.3) is 5.91 Å². The highest BCUT2D eigenvalue weighted by atomic mass is 16.5. The lowest BCUT2D eigenvalue weighted by atomic mass is 9.69. The first-order valence-corrected chi connectivity index (χ1v) is 11.8. The Labute approximate surface area is 199 Å². The fraction of sp³-hybridized carbons (Fsp3) is 0.583. The third-order valence-corrected chi connectivity index (χ3v) is 6.89. The Kier molecular flexibility index (Phi) is 9.26. The van der Waals surface area contributed by atoms with Crippen molar-refractivity contribution < 1.29 is 23.9 Å². The van der Waals surface area contributed by atoms with E-state index < -0.39 is 29.9 Å². The minimum absolute atomic E-state index is 0.295. The summed E-state index contributed by atoms with van der Waals surface area (Å²) in [6.07, 6.45) is 5.59. The maximum atomic E-state index is 12.8. The van der Waals surface area contributed by atoms with Gasteiger partial charge >= 0.3 is 11.9 Å². The molecular weight excluding hydrogens is 438 g/mol. The van der Waals surface area contributed by atoms with Gasteiger partial charge in [-0.25, -0.2) is 4.79 Å². The Morgan fingerprint density at radius 3 is 2.65 bits per heavy atom. The lowest BCUT2D eigenvalue weighted by Gasteiger charge is -2.42. The molecule has 5 atom stereocenters. The summed E-state index contributed by atoms with van der Waals surface area (Å²) in [6.45, 7) is 0.464. The van der Waals surface area contributed by atoms with Gasteiger partial charge in [0.1, 0.15) is 18.5 Å². The number of esters is 2. The first-order chi connectivity index (χ1) is 16.4. The predicted octanol–water partition coefficient (Wildman–Crippen LogP) is 0.907. The van der Waals surface area contributed by atoms with E-state index in [1.807, 2.05) is 0 Å². The van der Waals surface area contributed by atoms with Crippen LogP contribution in [0.4, 0.5) is 0 Å². The number of hydrogen-bond donors (Lipinski definition) is 4. The van der Waals surface area contributed by atoms with Crippen molar-refractivity contribution in [2.75, 3.05) is 20.3 Å². The number of rotatable bonds is 9. The van der Waals surface area contributed by atoms with Crippen molar-refractivity contribution in [3.8, 4) is 0 Å². The number of methoxy groups -OCH3 is 1. The molecule has 0 aromatic heterocycles. The average molecular weight is 474 g/mol. The summed E-state index contributed by atoms with van der Waals surface area (Å²) in [5.74, 6) is 5.64. The minimum Gasteiger partial charge on any atom is -0.467 e. The van der Waals surface area contributed by atoms with Gasteiger partial charge < -0.3 is 31.7 Å². The van der Waals surface area contributed by atoms with Gasteiger partial charge in [0.2, 0.25) is 0 Å². The summed E-state index contributed by atoms with van der Waals surface area (Å²) in [5, 5.41) is 9.42. The normalized spacial score (nSPS) is 25.5. The van der Waals surface area contributed by atoms with E-state index in [-0.39, 0.29) is 6.61 Å². The number of carbonyl (C=O) groups excluding carboxylic acids is 3. The van der Waals surface area contributed by atoms with E-state index in [1.165, 1.54) is 7.11 Å². The monoisotopic (exact) mass is 473 g/mol. The first kappa shape index (κ1) is 25.5. The van der Waals surface area contributed by atoms with Gasteiger partial charge in [0.15, 0.2) is 6.04 Å². The van der Waals surface area contributed by atoms with Crippen LogP contribution >= 0.6 is 0 Å². The zero-order valence-corrected chi connectivity index (χ0v) is 19.6. The molecule has 10 nitrogen and oxygen atoms in total. The molecule has 2 aliphatic rings. The minimum atomic E-state index is -1.09. The number of nitrogens with one attached hydrogen (secondary N) is 2. The van der Waals surface area contributed by atoms with Gasteiger partial charge in [-0.15, -0.1) is 0 Å². The van der Waals surface area contributed by atoms with E-state index in [2.05, 4.69) is 15.7 Å².